The summed E-state index contributed by atoms with van der Waals surface area (Å²) in [5.41, 5.74) is -0.0535. The van der Waals surface area contributed by atoms with Gasteiger partial charge in [-0.15, -0.1) is 0 Å². The Morgan fingerprint density at radius 2 is 1.81 bits per heavy atom. The van der Waals surface area contributed by atoms with E-state index in [1.807, 2.05) is 0 Å². The Morgan fingerprint density at radius 3 is 2.38 bits per heavy atom. The van der Waals surface area contributed by atoms with Gasteiger partial charge in [-0.25, -0.2) is 0 Å². The second kappa shape index (κ2) is 6.55. The summed E-state index contributed by atoms with van der Waals surface area (Å²) < 4.78 is 5.36. The first-order chi connectivity index (χ1) is 7.53. The van der Waals surface area contributed by atoms with Gasteiger partial charge in [-0.2, -0.15) is 0 Å². The van der Waals surface area contributed by atoms with Crippen LogP contribution in [0.25, 0.3) is 0 Å². The highest BCUT2D eigenvalue weighted by atomic mass is 16.5. The minimum Gasteiger partial charge on any atom is -0.377 e. The lowest BCUT2D eigenvalue weighted by Gasteiger charge is -2.32. The van der Waals surface area contributed by atoms with Gasteiger partial charge in [-0.3, -0.25) is 4.90 Å². The lowest BCUT2D eigenvalue weighted by molar-refractivity contribution is 0.0227. The van der Waals surface area contributed by atoms with Gasteiger partial charge in [0, 0.05) is 52.9 Å². The molecule has 0 aromatic heterocycles. The molecule has 96 valence electrons. The van der Waals surface area contributed by atoms with Crippen molar-refractivity contribution in [3.8, 4) is 0 Å². The first-order valence-corrected chi connectivity index (χ1v) is 6.20. The number of likely N-dealkylation sites (N-methyl/N-ethyl adjacent to an activating group) is 1. The van der Waals surface area contributed by atoms with E-state index in [1.165, 1.54) is 26.2 Å². The van der Waals surface area contributed by atoms with Crippen LogP contribution in [0, 0.1) is 0 Å². The molecule has 1 saturated heterocycles. The Labute approximate surface area is 99.9 Å². The predicted octanol–water partition coefficient (Wildman–Crippen LogP) is 0.248. The molecular weight excluding hydrogens is 202 g/mol. The van der Waals surface area contributed by atoms with Crippen LogP contribution in [-0.2, 0) is 4.74 Å². The number of nitrogens with zero attached hydrogens (tertiary/aromatic N) is 2. The summed E-state index contributed by atoms with van der Waals surface area (Å²) in [6.07, 6.45) is 0. The maximum atomic E-state index is 5.36. The van der Waals surface area contributed by atoms with Crippen LogP contribution < -0.4 is 5.32 Å². The molecule has 1 heterocycles. The number of piperazine rings is 1. The SMILES string of the molecule is COC(C)(C)CNCCN1CCN(C)CC1. The van der Waals surface area contributed by atoms with E-state index < -0.39 is 0 Å². The molecule has 4 heteroatoms. The highest BCUT2D eigenvalue weighted by Gasteiger charge is 2.16. The Kier molecular flexibility index (Phi) is 5.69. The average Bonchev–Trinajstić information content (AvgIpc) is 2.27. The second-order valence-corrected chi connectivity index (χ2v) is 5.29. The third kappa shape index (κ3) is 5.25. The molecule has 0 bridgehead atoms. The van der Waals surface area contributed by atoms with Crippen LogP contribution >= 0.6 is 0 Å². The molecule has 1 rings (SSSR count). The monoisotopic (exact) mass is 229 g/mol. The topological polar surface area (TPSA) is 27.7 Å². The fourth-order valence-corrected chi connectivity index (χ4v) is 1.77. The number of hydrogen-bond acceptors (Lipinski definition) is 4. The third-order valence-electron chi connectivity index (χ3n) is 3.30. The summed E-state index contributed by atoms with van der Waals surface area (Å²) in [6.45, 7) is 12.1. The van der Waals surface area contributed by atoms with E-state index in [-0.39, 0.29) is 5.60 Å². The molecule has 0 aromatic carbocycles. The van der Waals surface area contributed by atoms with E-state index in [9.17, 15) is 0 Å². The molecule has 1 aliphatic heterocycles. The van der Waals surface area contributed by atoms with Crippen molar-refractivity contribution in [3.05, 3.63) is 0 Å². The van der Waals surface area contributed by atoms with Gasteiger partial charge < -0.3 is 15.0 Å². The van der Waals surface area contributed by atoms with E-state index in [1.54, 1.807) is 7.11 Å². The lowest BCUT2D eigenvalue weighted by Crippen LogP contribution is -2.47. The number of methoxy groups -OCH3 is 1. The van der Waals surface area contributed by atoms with Crippen LogP contribution in [-0.4, -0.2) is 75.4 Å². The van der Waals surface area contributed by atoms with Crippen molar-refractivity contribution < 1.29 is 4.74 Å². The maximum Gasteiger partial charge on any atom is 0.0746 e. The number of ether oxygens (including phenoxy) is 1. The van der Waals surface area contributed by atoms with Gasteiger partial charge in [-0.1, -0.05) is 0 Å². The van der Waals surface area contributed by atoms with Crippen LogP contribution in [0.4, 0.5) is 0 Å². The fraction of sp³-hybridized carbons (Fsp3) is 1.00. The van der Waals surface area contributed by atoms with Gasteiger partial charge in [0.05, 0.1) is 5.60 Å². The quantitative estimate of drug-likeness (QED) is 0.661. The van der Waals surface area contributed by atoms with Crippen molar-refractivity contribution in [2.75, 3.05) is 60.0 Å². The van der Waals surface area contributed by atoms with Crippen molar-refractivity contribution >= 4 is 0 Å². The molecule has 0 aromatic rings. The molecule has 0 unspecified atom stereocenters. The molecule has 0 radical (unpaired) electrons. The largest absolute Gasteiger partial charge is 0.377 e. The zero-order chi connectivity index (χ0) is 12.0. The zero-order valence-corrected chi connectivity index (χ0v) is 11.3. The predicted molar refractivity (Wildman–Crippen MR) is 67.9 cm³/mol. The van der Waals surface area contributed by atoms with Crippen LogP contribution in [0.3, 0.4) is 0 Å². The molecular formula is C12H27N3O. The van der Waals surface area contributed by atoms with Crippen molar-refractivity contribution in [2.45, 2.75) is 19.4 Å². The molecule has 0 atom stereocenters. The third-order valence-corrected chi connectivity index (χ3v) is 3.30. The van der Waals surface area contributed by atoms with E-state index in [2.05, 4.69) is 36.0 Å². The lowest BCUT2D eigenvalue weighted by atomic mass is 10.1. The van der Waals surface area contributed by atoms with Gasteiger partial charge >= 0.3 is 0 Å². The van der Waals surface area contributed by atoms with Gasteiger partial charge in [0.25, 0.3) is 0 Å². The van der Waals surface area contributed by atoms with E-state index in [4.69, 9.17) is 4.74 Å². The van der Waals surface area contributed by atoms with Gasteiger partial charge in [-0.05, 0) is 20.9 Å². The van der Waals surface area contributed by atoms with Crippen molar-refractivity contribution in [1.82, 2.24) is 15.1 Å². The summed E-state index contributed by atoms with van der Waals surface area (Å²) in [7, 11) is 3.96. The van der Waals surface area contributed by atoms with E-state index in [0.29, 0.717) is 0 Å². The molecule has 0 spiro atoms. The Hall–Kier alpha value is -0.160. The van der Waals surface area contributed by atoms with Gasteiger partial charge in [0.15, 0.2) is 0 Å². The average molecular weight is 229 g/mol. The van der Waals surface area contributed by atoms with E-state index >= 15 is 0 Å². The first-order valence-electron chi connectivity index (χ1n) is 6.20. The number of hydrogen-bond donors (Lipinski definition) is 1. The van der Waals surface area contributed by atoms with Crippen LogP contribution in [0.5, 0.6) is 0 Å². The molecule has 0 aliphatic carbocycles. The van der Waals surface area contributed by atoms with Crippen molar-refractivity contribution in [2.24, 2.45) is 0 Å². The van der Waals surface area contributed by atoms with Gasteiger partial charge in [0.1, 0.15) is 0 Å². The van der Waals surface area contributed by atoms with Gasteiger partial charge in [0.2, 0.25) is 0 Å². The minimum absolute atomic E-state index is 0.0535. The summed E-state index contributed by atoms with van der Waals surface area (Å²) in [5.74, 6) is 0. The van der Waals surface area contributed by atoms with E-state index in [0.717, 1.165) is 19.6 Å². The molecule has 1 aliphatic rings. The molecule has 1 fully saturated rings. The Morgan fingerprint density at radius 1 is 1.19 bits per heavy atom. The molecule has 0 saturated carbocycles. The molecule has 16 heavy (non-hydrogen) atoms. The zero-order valence-electron chi connectivity index (χ0n) is 11.3. The summed E-state index contributed by atoms with van der Waals surface area (Å²) in [5, 5.41) is 3.45. The summed E-state index contributed by atoms with van der Waals surface area (Å²) in [4.78, 5) is 4.91. The molecule has 4 nitrogen and oxygen atoms in total. The first kappa shape index (κ1) is 13.9. The normalized spacial score (nSPS) is 20.2. The summed E-state index contributed by atoms with van der Waals surface area (Å²) in [6, 6.07) is 0. The molecule has 0 amide bonds. The fourth-order valence-electron chi connectivity index (χ4n) is 1.77. The summed E-state index contributed by atoms with van der Waals surface area (Å²) >= 11 is 0. The maximum absolute atomic E-state index is 5.36. The van der Waals surface area contributed by atoms with Crippen LogP contribution in [0.2, 0.25) is 0 Å². The Bertz CT molecular complexity index is 189. The number of rotatable bonds is 6. The standard InChI is InChI=1S/C12H27N3O/c1-12(2,16-4)11-13-5-6-15-9-7-14(3)8-10-15/h13H,5-11H2,1-4H3. The van der Waals surface area contributed by atoms with Crippen LogP contribution in [0.1, 0.15) is 13.8 Å². The smallest absolute Gasteiger partial charge is 0.0746 e. The van der Waals surface area contributed by atoms with Crippen LogP contribution in [0.15, 0.2) is 0 Å². The minimum atomic E-state index is -0.0535. The highest BCUT2D eigenvalue weighted by molar-refractivity contribution is 4.73. The van der Waals surface area contributed by atoms with Crippen molar-refractivity contribution in [1.29, 1.82) is 0 Å². The second-order valence-electron chi connectivity index (χ2n) is 5.29. The van der Waals surface area contributed by atoms with Crippen molar-refractivity contribution in [3.63, 3.8) is 0 Å². The highest BCUT2D eigenvalue weighted by Crippen LogP contribution is 2.04. The Balaban J connectivity index is 2.03. The molecule has 1 N–H and O–H groups in total. The number of nitrogens with one attached hydrogen (secondary N) is 1.